The Morgan fingerprint density at radius 2 is 1.85 bits per heavy atom. The Kier molecular flexibility index (Phi) is 4.88. The summed E-state index contributed by atoms with van der Waals surface area (Å²) in [6.45, 7) is 6.10. The van der Waals surface area contributed by atoms with Gasteiger partial charge in [-0.05, 0) is 30.7 Å². The van der Waals surface area contributed by atoms with E-state index >= 15 is 0 Å². The van der Waals surface area contributed by atoms with Crippen molar-refractivity contribution in [3.8, 4) is 0 Å². The molecule has 0 saturated heterocycles. The zero-order chi connectivity index (χ0) is 19.0. The SMILES string of the molecule is Cc1c(C(=O)C(C)C)c2ccc(C(=O)O)cc2n1Cc1ccccc1Cl. The van der Waals surface area contributed by atoms with E-state index in [9.17, 15) is 14.7 Å². The first-order valence-corrected chi connectivity index (χ1v) is 8.82. The van der Waals surface area contributed by atoms with Gasteiger partial charge in [-0.15, -0.1) is 0 Å². The maximum Gasteiger partial charge on any atom is 0.335 e. The minimum absolute atomic E-state index is 0.0495. The number of aromatic nitrogens is 1. The van der Waals surface area contributed by atoms with Gasteiger partial charge >= 0.3 is 5.97 Å². The zero-order valence-electron chi connectivity index (χ0n) is 14.9. The number of halogens is 1. The molecule has 0 aliphatic heterocycles. The van der Waals surface area contributed by atoms with Gasteiger partial charge in [-0.2, -0.15) is 0 Å². The molecule has 5 heteroatoms. The quantitative estimate of drug-likeness (QED) is 0.630. The number of aromatic carboxylic acids is 1. The van der Waals surface area contributed by atoms with Crippen molar-refractivity contribution in [1.29, 1.82) is 0 Å². The molecule has 0 fully saturated rings. The fourth-order valence-corrected chi connectivity index (χ4v) is 3.41. The first-order chi connectivity index (χ1) is 12.3. The number of hydrogen-bond donors (Lipinski definition) is 1. The van der Waals surface area contributed by atoms with Crippen molar-refractivity contribution in [2.24, 2.45) is 5.92 Å². The molecule has 2 aromatic carbocycles. The molecule has 3 rings (SSSR count). The smallest absolute Gasteiger partial charge is 0.335 e. The van der Waals surface area contributed by atoms with Crippen LogP contribution < -0.4 is 0 Å². The van der Waals surface area contributed by atoms with Gasteiger partial charge in [0.05, 0.1) is 11.1 Å². The maximum atomic E-state index is 12.8. The highest BCUT2D eigenvalue weighted by molar-refractivity contribution is 6.31. The van der Waals surface area contributed by atoms with E-state index < -0.39 is 5.97 Å². The van der Waals surface area contributed by atoms with Crippen molar-refractivity contribution >= 4 is 34.3 Å². The fraction of sp³-hybridized carbons (Fsp3) is 0.238. The molecular weight excluding hydrogens is 350 g/mol. The summed E-state index contributed by atoms with van der Waals surface area (Å²) in [5, 5.41) is 10.8. The zero-order valence-corrected chi connectivity index (χ0v) is 15.7. The van der Waals surface area contributed by atoms with Gasteiger partial charge in [0.15, 0.2) is 5.78 Å². The number of carbonyl (C=O) groups excluding carboxylic acids is 1. The van der Waals surface area contributed by atoms with Gasteiger partial charge in [0, 0.05) is 34.1 Å². The Hall–Kier alpha value is -2.59. The summed E-state index contributed by atoms with van der Waals surface area (Å²) in [6.07, 6.45) is 0. The van der Waals surface area contributed by atoms with Crippen molar-refractivity contribution in [3.63, 3.8) is 0 Å². The number of Topliss-reactive ketones (excluding diaryl/α,β-unsaturated/α-hetero) is 1. The highest BCUT2D eigenvalue weighted by Crippen LogP contribution is 2.31. The Morgan fingerprint density at radius 3 is 2.46 bits per heavy atom. The second kappa shape index (κ2) is 6.96. The summed E-state index contributed by atoms with van der Waals surface area (Å²) in [5.41, 5.74) is 3.31. The van der Waals surface area contributed by atoms with Crippen LogP contribution in [0.2, 0.25) is 5.02 Å². The van der Waals surface area contributed by atoms with Gasteiger partial charge in [-0.1, -0.05) is 49.7 Å². The molecule has 0 atom stereocenters. The molecular formula is C21H20ClNO3. The number of ketones is 1. The van der Waals surface area contributed by atoms with Crippen LogP contribution in [0.15, 0.2) is 42.5 Å². The second-order valence-corrected chi connectivity index (χ2v) is 7.10. The van der Waals surface area contributed by atoms with Crippen molar-refractivity contribution in [1.82, 2.24) is 4.57 Å². The summed E-state index contributed by atoms with van der Waals surface area (Å²) >= 11 is 6.30. The highest BCUT2D eigenvalue weighted by atomic mass is 35.5. The van der Waals surface area contributed by atoms with E-state index in [0.29, 0.717) is 17.1 Å². The molecule has 0 radical (unpaired) electrons. The van der Waals surface area contributed by atoms with E-state index in [2.05, 4.69) is 0 Å². The maximum absolute atomic E-state index is 12.8. The molecule has 4 nitrogen and oxygen atoms in total. The highest BCUT2D eigenvalue weighted by Gasteiger charge is 2.23. The molecule has 134 valence electrons. The van der Waals surface area contributed by atoms with Gasteiger partial charge in [-0.3, -0.25) is 4.79 Å². The molecule has 0 unspecified atom stereocenters. The second-order valence-electron chi connectivity index (χ2n) is 6.69. The third-order valence-corrected chi connectivity index (χ3v) is 5.00. The predicted octanol–water partition coefficient (Wildman–Crippen LogP) is 5.19. The summed E-state index contributed by atoms with van der Waals surface area (Å²) in [5.74, 6) is -1.09. The van der Waals surface area contributed by atoms with Gasteiger partial charge in [0.25, 0.3) is 0 Å². The summed E-state index contributed by atoms with van der Waals surface area (Å²) in [6, 6.07) is 12.4. The molecule has 3 aromatic rings. The Balaban J connectivity index is 2.27. The number of carbonyl (C=O) groups is 2. The van der Waals surface area contributed by atoms with Gasteiger partial charge in [0.2, 0.25) is 0 Å². The van der Waals surface area contributed by atoms with E-state index in [1.54, 1.807) is 18.2 Å². The molecule has 0 saturated carbocycles. The third kappa shape index (κ3) is 3.13. The lowest BCUT2D eigenvalue weighted by atomic mass is 9.98. The normalized spacial score (nSPS) is 11.3. The number of carboxylic acids is 1. The van der Waals surface area contributed by atoms with Crippen LogP contribution in [-0.2, 0) is 6.54 Å². The number of hydrogen-bond acceptors (Lipinski definition) is 2. The summed E-state index contributed by atoms with van der Waals surface area (Å²) < 4.78 is 1.97. The summed E-state index contributed by atoms with van der Waals surface area (Å²) in [4.78, 5) is 24.2. The van der Waals surface area contributed by atoms with Crippen molar-refractivity contribution in [3.05, 3.63) is 69.9 Å². The average molecular weight is 370 g/mol. The molecule has 0 spiro atoms. The lowest BCUT2D eigenvalue weighted by molar-refractivity contribution is 0.0696. The molecule has 1 aromatic heterocycles. The summed E-state index contributed by atoms with van der Waals surface area (Å²) in [7, 11) is 0. The van der Waals surface area contributed by atoms with E-state index in [4.69, 9.17) is 11.6 Å². The Morgan fingerprint density at radius 1 is 1.15 bits per heavy atom. The first-order valence-electron chi connectivity index (χ1n) is 8.45. The van der Waals surface area contributed by atoms with Crippen LogP contribution in [0.4, 0.5) is 0 Å². The first kappa shape index (κ1) is 18.2. The monoisotopic (exact) mass is 369 g/mol. The fourth-order valence-electron chi connectivity index (χ4n) is 3.21. The Labute approximate surface area is 157 Å². The van der Waals surface area contributed by atoms with Crippen LogP contribution in [0.25, 0.3) is 10.9 Å². The van der Waals surface area contributed by atoms with E-state index in [1.807, 2.05) is 49.6 Å². The predicted molar refractivity (Wildman–Crippen MR) is 103 cm³/mol. The standard InChI is InChI=1S/C21H20ClNO3/c1-12(2)20(24)19-13(3)23(11-15-6-4-5-7-17(15)22)18-10-14(21(25)26)8-9-16(18)19/h4-10,12H,11H2,1-3H3,(H,25,26). The number of rotatable bonds is 5. The van der Waals surface area contributed by atoms with Crippen molar-refractivity contribution in [2.75, 3.05) is 0 Å². The van der Waals surface area contributed by atoms with Crippen LogP contribution >= 0.6 is 11.6 Å². The number of carboxylic acid groups (broad SMARTS) is 1. The van der Waals surface area contributed by atoms with E-state index in [-0.39, 0.29) is 17.3 Å². The molecule has 0 aliphatic rings. The largest absolute Gasteiger partial charge is 0.478 e. The van der Waals surface area contributed by atoms with E-state index in [0.717, 1.165) is 22.2 Å². The van der Waals surface area contributed by atoms with Crippen LogP contribution in [0.1, 0.15) is 45.8 Å². The van der Waals surface area contributed by atoms with Crippen molar-refractivity contribution < 1.29 is 14.7 Å². The number of fused-ring (bicyclic) bond motifs is 1. The number of nitrogens with zero attached hydrogens (tertiary/aromatic N) is 1. The topological polar surface area (TPSA) is 59.3 Å². The lowest BCUT2D eigenvalue weighted by Gasteiger charge is -2.11. The van der Waals surface area contributed by atoms with E-state index in [1.165, 1.54) is 0 Å². The number of benzene rings is 2. The Bertz CT molecular complexity index is 1020. The molecule has 0 amide bonds. The van der Waals surface area contributed by atoms with Crippen LogP contribution in [0, 0.1) is 12.8 Å². The van der Waals surface area contributed by atoms with Gasteiger partial charge in [-0.25, -0.2) is 4.79 Å². The average Bonchev–Trinajstić information content (AvgIpc) is 2.87. The molecule has 1 heterocycles. The molecule has 0 aliphatic carbocycles. The van der Waals surface area contributed by atoms with Crippen LogP contribution in [-0.4, -0.2) is 21.4 Å². The third-order valence-electron chi connectivity index (χ3n) is 4.63. The minimum atomic E-state index is -0.994. The lowest BCUT2D eigenvalue weighted by Crippen LogP contribution is -2.10. The van der Waals surface area contributed by atoms with Crippen molar-refractivity contribution in [2.45, 2.75) is 27.3 Å². The molecule has 1 N–H and O–H groups in total. The van der Waals surface area contributed by atoms with Gasteiger partial charge in [0.1, 0.15) is 0 Å². The van der Waals surface area contributed by atoms with Crippen LogP contribution in [0.3, 0.4) is 0 Å². The van der Waals surface area contributed by atoms with Crippen LogP contribution in [0.5, 0.6) is 0 Å². The molecule has 0 bridgehead atoms. The van der Waals surface area contributed by atoms with Gasteiger partial charge < -0.3 is 9.67 Å². The molecule has 26 heavy (non-hydrogen) atoms. The minimum Gasteiger partial charge on any atom is -0.478 e.